The molecule has 1 aliphatic rings. The van der Waals surface area contributed by atoms with Crippen LogP contribution in [0.15, 0.2) is 0 Å². The smallest absolute Gasteiger partial charge is 0.304 e. The maximum atomic E-state index is 10.3. The molecule has 0 aliphatic carbocycles. The molecule has 0 spiro atoms. The van der Waals surface area contributed by atoms with Gasteiger partial charge in [-0.05, 0) is 19.4 Å². The topological polar surface area (TPSA) is 38.3 Å². The Kier molecular flexibility index (Phi) is 2.05. The number of carbonyl (C=O) groups is 1. The summed E-state index contributed by atoms with van der Waals surface area (Å²) >= 11 is 0. The van der Waals surface area contributed by atoms with Crippen molar-refractivity contribution in [2.75, 3.05) is 6.54 Å². The molecule has 0 radical (unpaired) electrons. The molecule has 3 heteroatoms. The molecule has 52 valence electrons. The minimum Gasteiger partial charge on any atom is -0.447 e. The molecular formula is C6H11NO2. The summed E-state index contributed by atoms with van der Waals surface area (Å²) in [4.78, 5) is 10.3. The first-order chi connectivity index (χ1) is 4.29. The van der Waals surface area contributed by atoms with Gasteiger partial charge in [0.25, 0.3) is 0 Å². The summed E-state index contributed by atoms with van der Waals surface area (Å²) in [7, 11) is 0. The van der Waals surface area contributed by atoms with Crippen LogP contribution in [0.1, 0.15) is 19.8 Å². The lowest BCUT2D eigenvalue weighted by atomic mass is 10.4. The van der Waals surface area contributed by atoms with Crippen LogP contribution in [-0.4, -0.2) is 18.7 Å². The fourth-order valence-corrected chi connectivity index (χ4v) is 0.953. The molecule has 1 saturated heterocycles. The van der Waals surface area contributed by atoms with Crippen LogP contribution >= 0.6 is 0 Å². The van der Waals surface area contributed by atoms with Gasteiger partial charge in [-0.2, -0.15) is 0 Å². The molecule has 1 atom stereocenters. The molecule has 1 fully saturated rings. The van der Waals surface area contributed by atoms with Crippen molar-refractivity contribution in [2.45, 2.75) is 26.0 Å². The van der Waals surface area contributed by atoms with Crippen molar-refractivity contribution >= 4 is 5.97 Å². The summed E-state index contributed by atoms with van der Waals surface area (Å²) in [5, 5.41) is 3.04. The number of ether oxygens (including phenoxy) is 1. The van der Waals surface area contributed by atoms with E-state index in [0.29, 0.717) is 0 Å². The molecule has 1 rings (SSSR count). The van der Waals surface area contributed by atoms with Gasteiger partial charge >= 0.3 is 5.97 Å². The monoisotopic (exact) mass is 129 g/mol. The number of hydrogen-bond donors (Lipinski definition) is 1. The number of hydrogen-bond acceptors (Lipinski definition) is 3. The molecule has 1 N–H and O–H groups in total. The normalized spacial score (nSPS) is 26.1. The predicted molar refractivity (Wildman–Crippen MR) is 32.8 cm³/mol. The van der Waals surface area contributed by atoms with Crippen LogP contribution in [0.3, 0.4) is 0 Å². The average Bonchev–Trinajstić information content (AvgIpc) is 2.15. The summed E-state index contributed by atoms with van der Waals surface area (Å²) in [5.41, 5.74) is 0. The molecule has 0 aromatic carbocycles. The van der Waals surface area contributed by atoms with Crippen LogP contribution in [0.5, 0.6) is 0 Å². The minimum absolute atomic E-state index is 0.0116. The zero-order valence-electron chi connectivity index (χ0n) is 5.52. The van der Waals surface area contributed by atoms with E-state index in [1.54, 1.807) is 0 Å². The van der Waals surface area contributed by atoms with E-state index in [1.807, 2.05) is 0 Å². The van der Waals surface area contributed by atoms with Crippen molar-refractivity contribution in [3.8, 4) is 0 Å². The summed E-state index contributed by atoms with van der Waals surface area (Å²) < 4.78 is 4.86. The fourth-order valence-electron chi connectivity index (χ4n) is 0.953. The van der Waals surface area contributed by atoms with E-state index < -0.39 is 0 Å². The van der Waals surface area contributed by atoms with Gasteiger partial charge in [0, 0.05) is 6.92 Å². The Morgan fingerprint density at radius 3 is 3.00 bits per heavy atom. The summed E-state index contributed by atoms with van der Waals surface area (Å²) in [6.07, 6.45) is 2.06. The Bertz CT molecular complexity index is 108. The zero-order valence-corrected chi connectivity index (χ0v) is 5.52. The van der Waals surface area contributed by atoms with E-state index in [9.17, 15) is 4.79 Å². The predicted octanol–water partition coefficient (Wildman–Crippen LogP) is 0.259. The molecule has 0 aromatic heterocycles. The quantitative estimate of drug-likeness (QED) is 0.516. The highest BCUT2D eigenvalue weighted by Crippen LogP contribution is 2.05. The Morgan fingerprint density at radius 1 is 1.78 bits per heavy atom. The molecule has 1 heterocycles. The van der Waals surface area contributed by atoms with Gasteiger partial charge in [-0.15, -0.1) is 0 Å². The van der Waals surface area contributed by atoms with Gasteiger partial charge < -0.3 is 4.74 Å². The SMILES string of the molecule is CC(=O)O[C@@H]1CCCN1. The van der Waals surface area contributed by atoms with Gasteiger partial charge in [0.15, 0.2) is 6.23 Å². The molecule has 0 amide bonds. The second-order valence-electron chi connectivity index (χ2n) is 2.19. The second kappa shape index (κ2) is 2.82. The molecule has 0 aromatic rings. The van der Waals surface area contributed by atoms with Gasteiger partial charge in [0.1, 0.15) is 0 Å². The van der Waals surface area contributed by atoms with Crippen molar-refractivity contribution in [3.05, 3.63) is 0 Å². The first-order valence-electron chi connectivity index (χ1n) is 3.19. The van der Waals surface area contributed by atoms with E-state index >= 15 is 0 Å². The number of esters is 1. The van der Waals surface area contributed by atoms with Crippen molar-refractivity contribution in [1.82, 2.24) is 5.32 Å². The molecule has 0 bridgehead atoms. The molecule has 3 nitrogen and oxygen atoms in total. The van der Waals surface area contributed by atoms with E-state index in [2.05, 4.69) is 5.32 Å². The van der Waals surface area contributed by atoms with Gasteiger partial charge in [0.2, 0.25) is 0 Å². The van der Waals surface area contributed by atoms with E-state index in [-0.39, 0.29) is 12.2 Å². The summed E-state index contributed by atoms with van der Waals surface area (Å²) in [6, 6.07) is 0. The summed E-state index contributed by atoms with van der Waals surface area (Å²) in [6.45, 7) is 2.40. The van der Waals surface area contributed by atoms with Gasteiger partial charge in [-0.3, -0.25) is 10.1 Å². The fraction of sp³-hybridized carbons (Fsp3) is 0.833. The highest BCUT2D eigenvalue weighted by molar-refractivity contribution is 5.66. The van der Waals surface area contributed by atoms with E-state index in [1.165, 1.54) is 6.92 Å². The third-order valence-electron chi connectivity index (χ3n) is 1.32. The maximum absolute atomic E-state index is 10.3. The van der Waals surface area contributed by atoms with Crippen molar-refractivity contribution < 1.29 is 9.53 Å². The van der Waals surface area contributed by atoms with Crippen LogP contribution in [-0.2, 0) is 9.53 Å². The Labute approximate surface area is 54.4 Å². The van der Waals surface area contributed by atoms with E-state index in [4.69, 9.17) is 4.74 Å². The number of nitrogens with one attached hydrogen (secondary N) is 1. The van der Waals surface area contributed by atoms with Gasteiger partial charge in [0.05, 0.1) is 0 Å². The lowest BCUT2D eigenvalue weighted by Gasteiger charge is -2.08. The number of rotatable bonds is 1. The van der Waals surface area contributed by atoms with Crippen LogP contribution < -0.4 is 5.32 Å². The maximum Gasteiger partial charge on any atom is 0.304 e. The number of carbonyl (C=O) groups excluding carboxylic acids is 1. The summed E-state index contributed by atoms with van der Waals surface area (Å²) in [5.74, 6) is -0.200. The van der Waals surface area contributed by atoms with Crippen molar-refractivity contribution in [3.63, 3.8) is 0 Å². The van der Waals surface area contributed by atoms with Crippen LogP contribution in [0, 0.1) is 0 Å². The highest BCUT2D eigenvalue weighted by Gasteiger charge is 2.15. The second-order valence-corrected chi connectivity index (χ2v) is 2.19. The first-order valence-corrected chi connectivity index (χ1v) is 3.19. The molecule has 9 heavy (non-hydrogen) atoms. The van der Waals surface area contributed by atoms with Crippen molar-refractivity contribution in [2.24, 2.45) is 0 Å². The largest absolute Gasteiger partial charge is 0.447 e. The lowest BCUT2D eigenvalue weighted by Crippen LogP contribution is -2.26. The Morgan fingerprint density at radius 2 is 2.56 bits per heavy atom. The highest BCUT2D eigenvalue weighted by atomic mass is 16.6. The zero-order chi connectivity index (χ0) is 6.69. The molecule has 1 aliphatic heterocycles. The molecular weight excluding hydrogens is 118 g/mol. The van der Waals surface area contributed by atoms with Crippen LogP contribution in [0.25, 0.3) is 0 Å². The van der Waals surface area contributed by atoms with Gasteiger partial charge in [-0.1, -0.05) is 0 Å². The first kappa shape index (κ1) is 6.55. The molecule has 0 saturated carbocycles. The van der Waals surface area contributed by atoms with Crippen LogP contribution in [0.4, 0.5) is 0 Å². The van der Waals surface area contributed by atoms with Gasteiger partial charge in [-0.25, -0.2) is 0 Å². The average molecular weight is 129 g/mol. The van der Waals surface area contributed by atoms with Crippen molar-refractivity contribution in [1.29, 1.82) is 0 Å². The van der Waals surface area contributed by atoms with Crippen LogP contribution in [0.2, 0.25) is 0 Å². The minimum atomic E-state index is -0.200. The van der Waals surface area contributed by atoms with E-state index in [0.717, 1.165) is 19.4 Å². The lowest BCUT2D eigenvalue weighted by molar-refractivity contribution is -0.146. The Balaban J connectivity index is 2.19. The third-order valence-corrected chi connectivity index (χ3v) is 1.32. The Hall–Kier alpha value is -0.570. The molecule has 0 unspecified atom stereocenters. The standard InChI is InChI=1S/C6H11NO2/c1-5(8)9-6-3-2-4-7-6/h6-7H,2-4H2,1H3/t6-/m1/s1. The third kappa shape index (κ3) is 2.01.